The molecule has 0 aliphatic heterocycles. The van der Waals surface area contributed by atoms with Crippen molar-refractivity contribution in [2.24, 2.45) is 0 Å². The lowest BCUT2D eigenvalue weighted by Crippen LogP contribution is -2.27. The minimum Gasteiger partial charge on any atom is -0.314 e. The van der Waals surface area contributed by atoms with E-state index in [0.29, 0.717) is 17.5 Å². The summed E-state index contributed by atoms with van der Waals surface area (Å²) in [4.78, 5) is 0.408. The molecule has 0 bridgehead atoms. The van der Waals surface area contributed by atoms with Gasteiger partial charge in [0.1, 0.15) is 15.2 Å². The Hall–Kier alpha value is -0.940. The van der Waals surface area contributed by atoms with E-state index in [1.165, 1.54) is 25.0 Å². The Morgan fingerprint density at radius 3 is 2.78 bits per heavy atom. The minimum absolute atomic E-state index is 0.203. The molecule has 1 fully saturated rings. The maximum atomic E-state index is 11.8. The zero-order valence-electron chi connectivity index (χ0n) is 9.85. The van der Waals surface area contributed by atoms with Gasteiger partial charge in [0.05, 0.1) is 0 Å². The summed E-state index contributed by atoms with van der Waals surface area (Å²) in [6.07, 6.45) is 3.24. The zero-order valence-corrected chi connectivity index (χ0v) is 11.5. The van der Waals surface area contributed by atoms with Crippen LogP contribution >= 0.6 is 11.3 Å². The second-order valence-corrected chi connectivity index (χ2v) is 7.29. The van der Waals surface area contributed by atoms with Gasteiger partial charge in [0.25, 0.3) is 0 Å². The summed E-state index contributed by atoms with van der Waals surface area (Å²) in [6.45, 7) is 1.25. The molecule has 1 saturated carbocycles. The van der Waals surface area contributed by atoms with Crippen LogP contribution in [0.1, 0.15) is 24.1 Å². The molecule has 1 aliphatic carbocycles. The van der Waals surface area contributed by atoms with E-state index in [0.717, 1.165) is 24.3 Å². The van der Waals surface area contributed by atoms with Gasteiger partial charge in [0, 0.05) is 12.6 Å². The molecule has 0 unspecified atom stereocenters. The maximum Gasteiger partial charge on any atom is 0.250 e. The number of hydrogen-bond donors (Lipinski definition) is 2. The van der Waals surface area contributed by atoms with Gasteiger partial charge in [0.2, 0.25) is 10.0 Å². The Kier molecular flexibility index (Phi) is 4.35. The molecule has 0 radical (unpaired) electrons. The van der Waals surface area contributed by atoms with Gasteiger partial charge in [-0.15, -0.1) is 11.3 Å². The van der Waals surface area contributed by atoms with E-state index < -0.39 is 10.0 Å². The number of nitriles is 1. The van der Waals surface area contributed by atoms with E-state index in [2.05, 4.69) is 10.0 Å². The molecule has 0 saturated heterocycles. The minimum atomic E-state index is -3.44. The van der Waals surface area contributed by atoms with Gasteiger partial charge >= 0.3 is 0 Å². The molecular weight excluding hydrogens is 270 g/mol. The van der Waals surface area contributed by atoms with Crippen molar-refractivity contribution >= 4 is 21.4 Å². The first kappa shape index (κ1) is 13.5. The highest BCUT2D eigenvalue weighted by molar-refractivity contribution is 7.91. The Morgan fingerprint density at radius 2 is 2.17 bits per heavy atom. The van der Waals surface area contributed by atoms with Crippen LogP contribution in [-0.4, -0.2) is 27.5 Å². The van der Waals surface area contributed by atoms with Crippen LogP contribution in [0.3, 0.4) is 0 Å². The quantitative estimate of drug-likeness (QED) is 0.733. The summed E-state index contributed by atoms with van der Waals surface area (Å²) >= 11 is 0.991. The largest absolute Gasteiger partial charge is 0.314 e. The predicted octanol–water partition coefficient (Wildman–Crippen LogP) is 1.04. The van der Waals surface area contributed by atoms with Crippen LogP contribution in [-0.2, 0) is 10.0 Å². The Bertz CT molecular complexity index is 541. The number of nitrogens with one attached hydrogen (secondary N) is 2. The lowest BCUT2D eigenvalue weighted by Gasteiger charge is -2.05. The van der Waals surface area contributed by atoms with E-state index >= 15 is 0 Å². The van der Waals surface area contributed by atoms with Crippen molar-refractivity contribution in [1.82, 2.24) is 10.0 Å². The number of thiophene rings is 1. The molecule has 1 aliphatic rings. The maximum absolute atomic E-state index is 11.8. The van der Waals surface area contributed by atoms with E-state index in [1.807, 2.05) is 6.07 Å². The van der Waals surface area contributed by atoms with Crippen molar-refractivity contribution in [3.8, 4) is 6.07 Å². The van der Waals surface area contributed by atoms with E-state index in [-0.39, 0.29) is 4.21 Å². The summed E-state index contributed by atoms with van der Waals surface area (Å²) in [5, 5.41) is 12.0. The summed E-state index contributed by atoms with van der Waals surface area (Å²) in [6, 6.07) is 5.57. The third kappa shape index (κ3) is 3.78. The molecule has 0 aromatic carbocycles. The fraction of sp³-hybridized carbons (Fsp3) is 0.545. The first-order valence-electron chi connectivity index (χ1n) is 5.85. The Labute approximate surface area is 111 Å². The van der Waals surface area contributed by atoms with Gasteiger partial charge in [-0.05, 0) is 37.9 Å². The van der Waals surface area contributed by atoms with Crippen LogP contribution < -0.4 is 10.0 Å². The second kappa shape index (κ2) is 5.80. The molecule has 1 aromatic rings. The molecule has 98 valence electrons. The van der Waals surface area contributed by atoms with Gasteiger partial charge < -0.3 is 5.32 Å². The summed E-state index contributed by atoms with van der Waals surface area (Å²) < 4.78 is 26.4. The average Bonchev–Trinajstić information content (AvgIpc) is 3.03. The third-order valence-corrected chi connectivity index (χ3v) is 5.56. The van der Waals surface area contributed by atoms with Crippen LogP contribution in [0.15, 0.2) is 16.3 Å². The standard InChI is InChI=1S/C11H15N3O2S2/c12-8-10-4-5-11(17-10)18(15,16)14-7-1-6-13-9-2-3-9/h4-5,9,13-14H,1-3,6-7H2. The zero-order chi connectivity index (χ0) is 13.0. The fourth-order valence-corrected chi connectivity index (χ4v) is 3.71. The van der Waals surface area contributed by atoms with Crippen LogP contribution in [0.5, 0.6) is 0 Å². The van der Waals surface area contributed by atoms with E-state index in [9.17, 15) is 8.42 Å². The molecule has 0 atom stereocenters. The van der Waals surface area contributed by atoms with Crippen molar-refractivity contribution in [3.63, 3.8) is 0 Å². The van der Waals surface area contributed by atoms with Crippen LogP contribution in [0.4, 0.5) is 0 Å². The smallest absolute Gasteiger partial charge is 0.250 e. The molecular formula is C11H15N3O2S2. The normalized spacial score (nSPS) is 15.5. The number of rotatable bonds is 7. The first-order valence-corrected chi connectivity index (χ1v) is 8.15. The highest BCUT2D eigenvalue weighted by Crippen LogP contribution is 2.20. The molecule has 1 aromatic heterocycles. The van der Waals surface area contributed by atoms with Crippen molar-refractivity contribution in [2.75, 3.05) is 13.1 Å². The fourth-order valence-electron chi connectivity index (χ4n) is 1.48. The average molecular weight is 285 g/mol. The van der Waals surface area contributed by atoms with E-state index in [1.54, 1.807) is 0 Å². The van der Waals surface area contributed by atoms with Crippen LogP contribution in [0.25, 0.3) is 0 Å². The lowest BCUT2D eigenvalue weighted by molar-refractivity contribution is 0.575. The predicted molar refractivity (Wildman–Crippen MR) is 69.9 cm³/mol. The van der Waals surface area contributed by atoms with Gasteiger partial charge in [-0.3, -0.25) is 0 Å². The highest BCUT2D eigenvalue weighted by atomic mass is 32.2. The van der Waals surface area contributed by atoms with Crippen molar-refractivity contribution < 1.29 is 8.42 Å². The lowest BCUT2D eigenvalue weighted by atomic mass is 10.4. The van der Waals surface area contributed by atoms with Crippen molar-refractivity contribution in [2.45, 2.75) is 29.5 Å². The summed E-state index contributed by atoms with van der Waals surface area (Å²) in [5.74, 6) is 0. The summed E-state index contributed by atoms with van der Waals surface area (Å²) in [7, 11) is -3.44. The first-order chi connectivity index (χ1) is 8.62. The molecule has 5 nitrogen and oxygen atoms in total. The SMILES string of the molecule is N#Cc1ccc(S(=O)(=O)NCCCNC2CC2)s1. The summed E-state index contributed by atoms with van der Waals surface area (Å²) in [5.41, 5.74) is 0. The van der Waals surface area contributed by atoms with Crippen molar-refractivity contribution in [3.05, 3.63) is 17.0 Å². The molecule has 7 heteroatoms. The number of hydrogen-bond acceptors (Lipinski definition) is 5. The Morgan fingerprint density at radius 1 is 1.39 bits per heavy atom. The molecule has 0 spiro atoms. The molecule has 0 amide bonds. The van der Waals surface area contributed by atoms with E-state index in [4.69, 9.17) is 5.26 Å². The Balaban J connectivity index is 1.77. The molecule has 2 rings (SSSR count). The van der Waals surface area contributed by atoms with Crippen LogP contribution in [0.2, 0.25) is 0 Å². The van der Waals surface area contributed by atoms with Gasteiger partial charge in [-0.1, -0.05) is 0 Å². The van der Waals surface area contributed by atoms with Crippen molar-refractivity contribution in [1.29, 1.82) is 5.26 Å². The molecule has 18 heavy (non-hydrogen) atoms. The van der Waals surface area contributed by atoms with Gasteiger partial charge in [-0.2, -0.15) is 5.26 Å². The third-order valence-electron chi connectivity index (χ3n) is 2.61. The second-order valence-electron chi connectivity index (χ2n) is 4.21. The van der Waals surface area contributed by atoms with Gasteiger partial charge in [0.15, 0.2) is 0 Å². The number of nitrogens with zero attached hydrogens (tertiary/aromatic N) is 1. The van der Waals surface area contributed by atoms with Crippen LogP contribution in [0, 0.1) is 11.3 Å². The monoisotopic (exact) mass is 285 g/mol. The molecule has 2 N–H and O–H groups in total. The highest BCUT2D eigenvalue weighted by Gasteiger charge is 2.20. The topological polar surface area (TPSA) is 82.0 Å². The van der Waals surface area contributed by atoms with Gasteiger partial charge in [-0.25, -0.2) is 13.1 Å². The molecule has 1 heterocycles. The number of sulfonamides is 1.